The third-order valence-corrected chi connectivity index (χ3v) is 6.09. The first-order valence-corrected chi connectivity index (χ1v) is 10.5. The van der Waals surface area contributed by atoms with Crippen molar-refractivity contribution in [1.82, 2.24) is 0 Å². The Morgan fingerprint density at radius 2 is 1.52 bits per heavy atom. The van der Waals surface area contributed by atoms with Crippen LogP contribution in [0.5, 0.6) is 0 Å². The predicted molar refractivity (Wildman–Crippen MR) is 99.0 cm³/mol. The van der Waals surface area contributed by atoms with E-state index < -0.39 is 17.5 Å². The average Bonchev–Trinajstić information content (AvgIpc) is 2.70. The quantitative estimate of drug-likeness (QED) is 0.403. The van der Waals surface area contributed by atoms with Gasteiger partial charge in [0, 0.05) is 11.8 Å². The van der Waals surface area contributed by atoms with Crippen LogP contribution in [0.25, 0.3) is 0 Å². The number of rotatable bonds is 7. The fourth-order valence-corrected chi connectivity index (χ4v) is 4.39. The molecule has 1 aliphatic carbocycles. The molecule has 0 aromatic heterocycles. The molecule has 1 saturated heterocycles. The van der Waals surface area contributed by atoms with Gasteiger partial charge in [-0.25, -0.2) is 13.2 Å². The first-order valence-electron chi connectivity index (χ1n) is 10.5. The molecule has 0 N–H and O–H groups in total. The van der Waals surface area contributed by atoms with E-state index in [4.69, 9.17) is 9.47 Å². The summed E-state index contributed by atoms with van der Waals surface area (Å²) in [5.74, 6) is -2.69. The highest BCUT2D eigenvalue weighted by Gasteiger charge is 2.33. The van der Waals surface area contributed by atoms with Crippen LogP contribution in [0.15, 0.2) is 12.1 Å². The van der Waals surface area contributed by atoms with E-state index in [0.29, 0.717) is 17.4 Å². The normalized spacial score (nSPS) is 29.0. The van der Waals surface area contributed by atoms with Crippen molar-refractivity contribution in [2.75, 3.05) is 13.2 Å². The standard InChI is InChI=1S/C22H31F3O2/c1-2-3-4-5-6-15-13-26-22(27-14-15)17-9-7-16(8-10-17)18-11-19(23)21(25)20(24)12-18/h11-12,15-17,22H,2-10,13-14H2,1H3. The zero-order valence-corrected chi connectivity index (χ0v) is 16.2. The largest absolute Gasteiger partial charge is 0.352 e. The van der Waals surface area contributed by atoms with Gasteiger partial charge in [-0.05, 0) is 55.7 Å². The fourth-order valence-electron chi connectivity index (χ4n) is 4.39. The van der Waals surface area contributed by atoms with Crippen molar-refractivity contribution in [2.45, 2.75) is 76.9 Å². The zero-order valence-electron chi connectivity index (χ0n) is 16.2. The monoisotopic (exact) mass is 384 g/mol. The van der Waals surface area contributed by atoms with Crippen LogP contribution < -0.4 is 0 Å². The molecular formula is C22H31F3O2. The molecule has 0 amide bonds. The molecule has 2 aliphatic rings. The second-order valence-corrected chi connectivity index (χ2v) is 8.16. The summed E-state index contributed by atoms with van der Waals surface area (Å²) in [5, 5.41) is 0. The van der Waals surface area contributed by atoms with Crippen LogP contribution in [0, 0.1) is 29.3 Å². The predicted octanol–water partition coefficient (Wildman–Crippen LogP) is 6.34. The van der Waals surface area contributed by atoms with Gasteiger partial charge < -0.3 is 9.47 Å². The maximum atomic E-state index is 13.5. The summed E-state index contributed by atoms with van der Waals surface area (Å²) in [6.07, 6.45) is 9.52. The molecule has 1 aliphatic heterocycles. The highest BCUT2D eigenvalue weighted by Crippen LogP contribution is 2.39. The summed E-state index contributed by atoms with van der Waals surface area (Å²) >= 11 is 0. The molecule has 0 atom stereocenters. The third kappa shape index (κ3) is 5.47. The molecule has 2 nitrogen and oxygen atoms in total. The summed E-state index contributed by atoms with van der Waals surface area (Å²) in [6, 6.07) is 2.28. The van der Waals surface area contributed by atoms with Crippen molar-refractivity contribution in [3.63, 3.8) is 0 Å². The Bertz CT molecular complexity index is 568. The van der Waals surface area contributed by atoms with Gasteiger partial charge in [0.15, 0.2) is 23.7 Å². The first-order chi connectivity index (χ1) is 13.1. The molecule has 27 heavy (non-hydrogen) atoms. The molecule has 1 heterocycles. The van der Waals surface area contributed by atoms with Gasteiger partial charge in [0.05, 0.1) is 13.2 Å². The van der Waals surface area contributed by atoms with E-state index >= 15 is 0 Å². The molecule has 0 unspecified atom stereocenters. The second-order valence-electron chi connectivity index (χ2n) is 8.16. The number of ether oxygens (including phenoxy) is 2. The van der Waals surface area contributed by atoms with Crippen LogP contribution in [0.3, 0.4) is 0 Å². The lowest BCUT2D eigenvalue weighted by Gasteiger charge is -2.37. The number of unbranched alkanes of at least 4 members (excludes halogenated alkanes) is 3. The van der Waals surface area contributed by atoms with Gasteiger partial charge in [-0.15, -0.1) is 0 Å². The number of hydrogen-bond acceptors (Lipinski definition) is 2. The molecule has 1 aromatic carbocycles. The Morgan fingerprint density at radius 1 is 0.889 bits per heavy atom. The zero-order chi connectivity index (χ0) is 19.2. The van der Waals surface area contributed by atoms with E-state index in [1.165, 1.54) is 32.1 Å². The van der Waals surface area contributed by atoms with Crippen LogP contribution in [0.4, 0.5) is 13.2 Å². The average molecular weight is 384 g/mol. The minimum absolute atomic E-state index is 0.0701. The first kappa shape index (κ1) is 20.7. The summed E-state index contributed by atoms with van der Waals surface area (Å²) in [5.41, 5.74) is 0.558. The maximum Gasteiger partial charge on any atom is 0.194 e. The SMILES string of the molecule is CCCCCCC1COC(C2CCC(c3cc(F)c(F)c(F)c3)CC2)OC1. The van der Waals surface area contributed by atoms with Gasteiger partial charge in [0.2, 0.25) is 0 Å². The van der Waals surface area contributed by atoms with Crippen LogP contribution in [0.1, 0.15) is 76.2 Å². The molecule has 3 rings (SSSR count). The highest BCUT2D eigenvalue weighted by atomic mass is 19.2. The van der Waals surface area contributed by atoms with Crippen LogP contribution in [0.2, 0.25) is 0 Å². The van der Waals surface area contributed by atoms with Gasteiger partial charge in [-0.3, -0.25) is 0 Å². The van der Waals surface area contributed by atoms with E-state index in [-0.39, 0.29) is 12.2 Å². The summed E-state index contributed by atoms with van der Waals surface area (Å²) in [4.78, 5) is 0. The molecular weight excluding hydrogens is 353 g/mol. The van der Waals surface area contributed by atoms with Crippen molar-refractivity contribution in [2.24, 2.45) is 11.8 Å². The number of halogens is 3. The van der Waals surface area contributed by atoms with Crippen molar-refractivity contribution in [3.8, 4) is 0 Å². The van der Waals surface area contributed by atoms with E-state index in [1.807, 2.05) is 0 Å². The lowest BCUT2D eigenvalue weighted by atomic mass is 9.78. The van der Waals surface area contributed by atoms with Gasteiger partial charge >= 0.3 is 0 Å². The lowest BCUT2D eigenvalue weighted by Crippen LogP contribution is -2.38. The Hall–Kier alpha value is -1.07. The van der Waals surface area contributed by atoms with E-state index in [2.05, 4.69) is 6.92 Å². The Labute approximate surface area is 160 Å². The van der Waals surface area contributed by atoms with E-state index in [9.17, 15) is 13.2 Å². The van der Waals surface area contributed by atoms with Crippen LogP contribution in [-0.2, 0) is 9.47 Å². The fraction of sp³-hybridized carbons (Fsp3) is 0.727. The Kier molecular flexibility index (Phi) is 7.59. The summed E-state index contributed by atoms with van der Waals surface area (Å²) < 4.78 is 52.1. The third-order valence-electron chi connectivity index (χ3n) is 6.09. The molecule has 152 valence electrons. The van der Waals surface area contributed by atoms with Crippen molar-refractivity contribution < 1.29 is 22.6 Å². The van der Waals surface area contributed by atoms with E-state index in [1.54, 1.807) is 0 Å². The van der Waals surface area contributed by atoms with Crippen LogP contribution >= 0.6 is 0 Å². The molecule has 0 bridgehead atoms. The Morgan fingerprint density at radius 3 is 2.11 bits per heavy atom. The highest BCUT2D eigenvalue weighted by molar-refractivity contribution is 5.23. The number of benzene rings is 1. The second kappa shape index (κ2) is 9.92. The van der Waals surface area contributed by atoms with Gasteiger partial charge in [0.1, 0.15) is 0 Å². The summed E-state index contributed by atoms with van der Waals surface area (Å²) in [7, 11) is 0. The van der Waals surface area contributed by atoms with Crippen molar-refractivity contribution in [3.05, 3.63) is 35.1 Å². The topological polar surface area (TPSA) is 18.5 Å². The lowest BCUT2D eigenvalue weighted by molar-refractivity contribution is -0.229. The minimum atomic E-state index is -1.39. The van der Waals surface area contributed by atoms with Crippen molar-refractivity contribution in [1.29, 1.82) is 0 Å². The minimum Gasteiger partial charge on any atom is -0.352 e. The molecule has 1 saturated carbocycles. The molecule has 5 heteroatoms. The van der Waals surface area contributed by atoms with Gasteiger partial charge in [-0.1, -0.05) is 32.6 Å². The van der Waals surface area contributed by atoms with Crippen LogP contribution in [-0.4, -0.2) is 19.5 Å². The number of hydrogen-bond donors (Lipinski definition) is 0. The summed E-state index contributed by atoms with van der Waals surface area (Å²) in [6.45, 7) is 3.76. The molecule has 2 fully saturated rings. The van der Waals surface area contributed by atoms with Crippen molar-refractivity contribution >= 4 is 0 Å². The smallest absolute Gasteiger partial charge is 0.194 e. The molecule has 0 spiro atoms. The van der Waals surface area contributed by atoms with E-state index in [0.717, 1.165) is 51.0 Å². The van der Waals surface area contributed by atoms with Gasteiger partial charge in [-0.2, -0.15) is 0 Å². The molecule has 1 aromatic rings. The maximum absolute atomic E-state index is 13.5. The Balaban J connectivity index is 1.42. The van der Waals surface area contributed by atoms with Gasteiger partial charge in [0.25, 0.3) is 0 Å². The molecule has 0 radical (unpaired) electrons.